The van der Waals surface area contributed by atoms with Crippen molar-refractivity contribution in [1.82, 2.24) is 25.1 Å². The average molecular weight is 248 g/mol. The molecule has 1 amide bonds. The lowest BCUT2D eigenvalue weighted by Gasteiger charge is -2.03. The Balaban J connectivity index is 2.02. The number of hydrogen-bond donors (Lipinski definition) is 3. The molecule has 0 saturated heterocycles. The average Bonchev–Trinajstić information content (AvgIpc) is 2.68. The van der Waals surface area contributed by atoms with Crippen LogP contribution in [0, 0.1) is 0 Å². The lowest BCUT2D eigenvalue weighted by molar-refractivity contribution is 0.0945. The highest BCUT2D eigenvalue weighted by atomic mass is 16.2. The molecule has 0 aliphatic rings. The van der Waals surface area contributed by atoms with E-state index in [-0.39, 0.29) is 17.8 Å². The molecule has 0 atom stereocenters. The monoisotopic (exact) mass is 248 g/mol. The van der Waals surface area contributed by atoms with Gasteiger partial charge in [0, 0.05) is 25.4 Å². The lowest BCUT2D eigenvalue weighted by Crippen LogP contribution is -2.25. The molecular weight excluding hydrogens is 236 g/mol. The number of nitrogens with one attached hydrogen (secondary N) is 2. The Kier molecular flexibility index (Phi) is 3.09. The number of nitrogens with two attached hydrogens (primary N) is 1. The minimum absolute atomic E-state index is 0.136. The van der Waals surface area contributed by atoms with Gasteiger partial charge >= 0.3 is 0 Å². The fraction of sp³-hybridized carbons (Fsp3) is 0.200. The third-order valence-electron chi connectivity index (χ3n) is 2.41. The summed E-state index contributed by atoms with van der Waals surface area (Å²) < 4.78 is 1.51. The van der Waals surface area contributed by atoms with Crippen molar-refractivity contribution in [1.29, 1.82) is 0 Å². The molecule has 8 nitrogen and oxygen atoms in total. The van der Waals surface area contributed by atoms with Gasteiger partial charge in [0.25, 0.3) is 11.5 Å². The van der Waals surface area contributed by atoms with Crippen LogP contribution < -0.4 is 16.6 Å². The summed E-state index contributed by atoms with van der Waals surface area (Å²) in [6.07, 6.45) is 3.88. The zero-order chi connectivity index (χ0) is 13.1. The number of hydrogen-bond acceptors (Lipinski definition) is 5. The summed E-state index contributed by atoms with van der Waals surface area (Å²) >= 11 is 0. The number of aryl methyl sites for hydroxylation is 1. The molecule has 2 heterocycles. The maximum atomic E-state index is 11.7. The van der Waals surface area contributed by atoms with Crippen molar-refractivity contribution in [2.45, 2.75) is 6.54 Å². The van der Waals surface area contributed by atoms with Gasteiger partial charge < -0.3 is 16.0 Å². The first-order valence-corrected chi connectivity index (χ1v) is 5.17. The first kappa shape index (κ1) is 11.8. The predicted molar refractivity (Wildman–Crippen MR) is 63.6 cm³/mol. The van der Waals surface area contributed by atoms with Crippen molar-refractivity contribution in [3.63, 3.8) is 0 Å². The third-order valence-corrected chi connectivity index (χ3v) is 2.41. The predicted octanol–water partition coefficient (Wildman–Crippen LogP) is -0.984. The number of carbonyl (C=O) groups excluding carboxylic acids is 1. The Bertz CT molecular complexity index is 609. The van der Waals surface area contributed by atoms with E-state index in [1.807, 2.05) is 0 Å². The molecule has 0 radical (unpaired) electrons. The summed E-state index contributed by atoms with van der Waals surface area (Å²) in [7, 11) is 1.71. The normalized spacial score (nSPS) is 10.3. The van der Waals surface area contributed by atoms with Gasteiger partial charge in [0.2, 0.25) is 0 Å². The Hall–Kier alpha value is -2.64. The minimum atomic E-state index is -0.394. The fourth-order valence-corrected chi connectivity index (χ4v) is 1.36. The molecule has 2 aromatic heterocycles. The summed E-state index contributed by atoms with van der Waals surface area (Å²) in [5.41, 5.74) is 6.23. The molecule has 94 valence electrons. The number of carbonyl (C=O) groups is 1. The van der Waals surface area contributed by atoms with E-state index in [4.69, 9.17) is 5.73 Å². The van der Waals surface area contributed by atoms with E-state index in [1.54, 1.807) is 13.2 Å². The van der Waals surface area contributed by atoms with E-state index < -0.39 is 5.91 Å². The second-order valence-electron chi connectivity index (χ2n) is 3.66. The van der Waals surface area contributed by atoms with E-state index in [1.165, 1.54) is 10.9 Å². The topological polar surface area (TPSA) is 119 Å². The number of rotatable bonds is 3. The van der Waals surface area contributed by atoms with Gasteiger partial charge in [-0.1, -0.05) is 0 Å². The van der Waals surface area contributed by atoms with Crippen molar-refractivity contribution < 1.29 is 4.79 Å². The quantitative estimate of drug-likeness (QED) is 0.644. The number of nitrogens with zero attached hydrogens (tertiary/aromatic N) is 3. The zero-order valence-corrected chi connectivity index (χ0v) is 9.67. The van der Waals surface area contributed by atoms with Gasteiger partial charge in [-0.3, -0.25) is 14.3 Å². The molecular formula is C10H12N6O2. The molecule has 0 saturated carbocycles. The van der Waals surface area contributed by atoms with Crippen molar-refractivity contribution in [3.8, 4) is 0 Å². The number of H-pyrrole nitrogens is 1. The van der Waals surface area contributed by atoms with Crippen LogP contribution in [0.3, 0.4) is 0 Å². The van der Waals surface area contributed by atoms with E-state index in [0.717, 1.165) is 11.8 Å². The Morgan fingerprint density at radius 3 is 2.89 bits per heavy atom. The SMILES string of the molecule is Cn1ncc(CNC(=O)c2c[nH]c(=O)cn2)c1N. The molecule has 0 aromatic carbocycles. The standard InChI is InChI=1S/C10H12N6O2/c1-16-9(11)6(3-15-16)2-14-10(18)7-4-13-8(17)5-12-7/h3-5H,2,11H2,1H3,(H,13,17)(H,14,18). The summed E-state index contributed by atoms with van der Waals surface area (Å²) in [5, 5.41) is 6.59. The van der Waals surface area contributed by atoms with Crippen LogP contribution in [0.1, 0.15) is 16.1 Å². The van der Waals surface area contributed by atoms with Gasteiger partial charge in [-0.25, -0.2) is 4.98 Å². The maximum Gasteiger partial charge on any atom is 0.271 e. The van der Waals surface area contributed by atoms with Crippen LogP contribution in [-0.2, 0) is 13.6 Å². The second-order valence-corrected chi connectivity index (χ2v) is 3.66. The summed E-state index contributed by atoms with van der Waals surface area (Å²) in [4.78, 5) is 28.6. The van der Waals surface area contributed by atoms with Crippen LogP contribution in [0.2, 0.25) is 0 Å². The van der Waals surface area contributed by atoms with Crippen LogP contribution in [0.15, 0.2) is 23.4 Å². The third kappa shape index (κ3) is 2.37. The van der Waals surface area contributed by atoms with Crippen molar-refractivity contribution >= 4 is 11.7 Å². The number of amides is 1. The van der Waals surface area contributed by atoms with Crippen molar-refractivity contribution in [2.24, 2.45) is 7.05 Å². The first-order chi connectivity index (χ1) is 8.58. The van der Waals surface area contributed by atoms with Gasteiger partial charge in [0.1, 0.15) is 11.5 Å². The molecule has 8 heteroatoms. The summed E-state index contributed by atoms with van der Waals surface area (Å²) in [6, 6.07) is 0. The number of aromatic nitrogens is 4. The zero-order valence-electron chi connectivity index (χ0n) is 9.67. The Morgan fingerprint density at radius 1 is 1.56 bits per heavy atom. The molecule has 0 fully saturated rings. The fourth-order valence-electron chi connectivity index (χ4n) is 1.36. The van der Waals surface area contributed by atoms with Gasteiger partial charge in [-0.2, -0.15) is 5.10 Å². The number of nitrogen functional groups attached to an aromatic ring is 1. The molecule has 2 rings (SSSR count). The van der Waals surface area contributed by atoms with Crippen LogP contribution in [0.4, 0.5) is 5.82 Å². The van der Waals surface area contributed by atoms with Gasteiger partial charge in [-0.05, 0) is 0 Å². The maximum absolute atomic E-state index is 11.7. The molecule has 4 N–H and O–H groups in total. The molecule has 0 unspecified atom stereocenters. The second kappa shape index (κ2) is 4.70. The smallest absolute Gasteiger partial charge is 0.271 e. The molecule has 0 bridgehead atoms. The van der Waals surface area contributed by atoms with Crippen LogP contribution >= 0.6 is 0 Å². The number of anilines is 1. The van der Waals surface area contributed by atoms with Gasteiger partial charge in [0.05, 0.1) is 12.4 Å². The molecule has 0 aliphatic heterocycles. The largest absolute Gasteiger partial charge is 0.384 e. The van der Waals surface area contributed by atoms with Gasteiger partial charge in [-0.15, -0.1) is 0 Å². The lowest BCUT2D eigenvalue weighted by atomic mass is 10.3. The Labute approximate surface area is 102 Å². The van der Waals surface area contributed by atoms with E-state index >= 15 is 0 Å². The van der Waals surface area contributed by atoms with E-state index in [9.17, 15) is 9.59 Å². The van der Waals surface area contributed by atoms with Crippen LogP contribution in [0.5, 0.6) is 0 Å². The van der Waals surface area contributed by atoms with Crippen molar-refractivity contribution in [3.05, 3.63) is 40.2 Å². The van der Waals surface area contributed by atoms with Crippen LogP contribution in [0.25, 0.3) is 0 Å². The van der Waals surface area contributed by atoms with E-state index in [0.29, 0.717) is 5.82 Å². The summed E-state index contributed by atoms with van der Waals surface area (Å²) in [5.74, 6) is 0.0965. The minimum Gasteiger partial charge on any atom is -0.384 e. The van der Waals surface area contributed by atoms with Crippen LogP contribution in [-0.4, -0.2) is 25.7 Å². The first-order valence-electron chi connectivity index (χ1n) is 5.17. The molecule has 18 heavy (non-hydrogen) atoms. The molecule has 2 aromatic rings. The van der Waals surface area contributed by atoms with E-state index in [2.05, 4.69) is 20.4 Å². The molecule has 0 spiro atoms. The van der Waals surface area contributed by atoms with Crippen molar-refractivity contribution in [2.75, 3.05) is 5.73 Å². The highest BCUT2D eigenvalue weighted by molar-refractivity contribution is 5.91. The highest BCUT2D eigenvalue weighted by Gasteiger charge is 2.09. The summed E-state index contributed by atoms with van der Waals surface area (Å²) in [6.45, 7) is 0.249. The molecule has 0 aliphatic carbocycles. The Morgan fingerprint density at radius 2 is 2.33 bits per heavy atom. The number of aromatic amines is 1. The van der Waals surface area contributed by atoms with Gasteiger partial charge in [0.15, 0.2) is 0 Å². The highest BCUT2D eigenvalue weighted by Crippen LogP contribution is 2.08.